The monoisotopic (exact) mass is 264 g/mol. The van der Waals surface area contributed by atoms with E-state index in [0.717, 1.165) is 11.1 Å². The Labute approximate surface area is 117 Å². The maximum atomic E-state index is 2.42. The van der Waals surface area contributed by atoms with E-state index in [4.69, 9.17) is 0 Å². The summed E-state index contributed by atoms with van der Waals surface area (Å²) >= 11 is 0. The van der Waals surface area contributed by atoms with Crippen molar-refractivity contribution >= 4 is 15.1 Å². The summed E-state index contributed by atoms with van der Waals surface area (Å²) in [5, 5.41) is 0. The number of hydrogen-bond acceptors (Lipinski definition) is 0. The van der Waals surface area contributed by atoms with Gasteiger partial charge in [0.25, 0.3) is 0 Å². The molecule has 0 amide bonds. The summed E-state index contributed by atoms with van der Waals surface area (Å²) in [4.78, 5) is 0. The van der Waals surface area contributed by atoms with Crippen molar-refractivity contribution in [2.75, 3.05) is 0 Å². The van der Waals surface area contributed by atoms with Crippen LogP contribution in [0.4, 0.5) is 0 Å². The molecule has 0 radical (unpaired) electrons. The van der Waals surface area contributed by atoms with Crippen LogP contribution in [0.15, 0.2) is 54.1 Å². The van der Waals surface area contributed by atoms with Gasteiger partial charge < -0.3 is 0 Å². The molecule has 0 saturated carbocycles. The van der Waals surface area contributed by atoms with Gasteiger partial charge in [-0.25, -0.2) is 0 Å². The van der Waals surface area contributed by atoms with E-state index in [1.807, 2.05) is 5.57 Å². The van der Waals surface area contributed by atoms with Crippen LogP contribution in [0.2, 0.25) is 11.1 Å². The smallest absolute Gasteiger partial charge is 0.0408 e. The van der Waals surface area contributed by atoms with Crippen LogP contribution in [0.25, 0.3) is 5.57 Å². The maximum absolute atomic E-state index is 2.42. The van der Waals surface area contributed by atoms with Crippen molar-refractivity contribution in [3.63, 3.8) is 0 Å². The molecule has 1 aromatic carbocycles. The molecule has 0 bridgehead atoms. The van der Waals surface area contributed by atoms with Crippen molar-refractivity contribution in [3.05, 3.63) is 65.3 Å². The highest BCUT2D eigenvalue weighted by molar-refractivity contribution is 6.43. The van der Waals surface area contributed by atoms with Crippen molar-refractivity contribution in [3.8, 4) is 0 Å². The van der Waals surface area contributed by atoms with E-state index in [9.17, 15) is 0 Å². The minimum Gasteiger partial charge on any atom is -0.0810 e. The Hall–Kier alpha value is -1.34. The van der Waals surface area contributed by atoms with E-state index in [2.05, 4.69) is 48.6 Å². The highest BCUT2D eigenvalue weighted by atomic mass is 28.2. The Morgan fingerprint density at radius 1 is 1.05 bits per heavy atom. The van der Waals surface area contributed by atoms with Crippen LogP contribution >= 0.6 is 0 Å². The number of hydrogen-bond donors (Lipinski definition) is 0. The number of rotatable bonds is 2. The van der Waals surface area contributed by atoms with Gasteiger partial charge in [-0.15, -0.1) is 0 Å². The highest BCUT2D eigenvalue weighted by Crippen LogP contribution is 2.47. The average Bonchev–Trinajstić information content (AvgIpc) is 3.06. The topological polar surface area (TPSA) is 0 Å². The summed E-state index contributed by atoms with van der Waals surface area (Å²) in [5.41, 5.74) is 8.49. The zero-order valence-electron chi connectivity index (χ0n) is 11.3. The third kappa shape index (κ3) is 1.97. The van der Waals surface area contributed by atoms with E-state index >= 15 is 0 Å². The first kappa shape index (κ1) is 11.5. The Bertz CT molecular complexity index is 579. The molecule has 3 aliphatic rings. The second-order valence-corrected chi connectivity index (χ2v) is 8.50. The second-order valence-electron chi connectivity index (χ2n) is 6.10. The quantitative estimate of drug-likeness (QED) is 0.707. The van der Waals surface area contributed by atoms with E-state index in [-0.39, 0.29) is 9.52 Å². The van der Waals surface area contributed by atoms with Crippen LogP contribution in [-0.4, -0.2) is 9.52 Å². The molecule has 0 fully saturated rings. The van der Waals surface area contributed by atoms with Crippen molar-refractivity contribution in [2.24, 2.45) is 0 Å². The van der Waals surface area contributed by atoms with Gasteiger partial charge in [0, 0.05) is 9.52 Å². The van der Waals surface area contributed by atoms with Crippen LogP contribution < -0.4 is 0 Å². The third-order valence-corrected chi connectivity index (χ3v) is 7.53. The zero-order valence-corrected chi connectivity index (χ0v) is 12.7. The molecule has 0 saturated heterocycles. The molecule has 19 heavy (non-hydrogen) atoms. The van der Waals surface area contributed by atoms with Crippen molar-refractivity contribution in [1.82, 2.24) is 0 Å². The maximum Gasteiger partial charge on any atom is 0.0408 e. The first-order valence-electron chi connectivity index (χ1n) is 7.57. The Balaban J connectivity index is 1.64. The lowest BCUT2D eigenvalue weighted by Crippen LogP contribution is -2.14. The molecule has 1 heteroatoms. The van der Waals surface area contributed by atoms with Gasteiger partial charge in [0.2, 0.25) is 0 Å². The lowest BCUT2D eigenvalue weighted by molar-refractivity contribution is 0.702. The third-order valence-electron chi connectivity index (χ3n) is 4.97. The van der Waals surface area contributed by atoms with Gasteiger partial charge in [0.15, 0.2) is 0 Å². The predicted octanol–water partition coefficient (Wildman–Crippen LogP) is 4.05. The van der Waals surface area contributed by atoms with Gasteiger partial charge in [-0.3, -0.25) is 0 Å². The number of allylic oxidation sites excluding steroid dienone is 6. The van der Waals surface area contributed by atoms with Crippen LogP contribution in [0.5, 0.6) is 0 Å². The highest BCUT2D eigenvalue weighted by Gasteiger charge is 2.30. The molecule has 1 aromatic rings. The molecule has 0 nitrogen and oxygen atoms in total. The Morgan fingerprint density at radius 3 is 2.79 bits per heavy atom. The molecule has 0 spiro atoms. The SMILES string of the molecule is C1=CC([SiH2]C2CCCC3=C2Cc2ccccc23)C=C1. The molecular formula is C18H20Si. The predicted molar refractivity (Wildman–Crippen MR) is 85.2 cm³/mol. The summed E-state index contributed by atoms with van der Waals surface area (Å²) in [6, 6.07) is 9.09. The molecule has 4 rings (SSSR count). The molecule has 0 heterocycles. The lowest BCUT2D eigenvalue weighted by Gasteiger charge is -2.26. The lowest BCUT2D eigenvalue weighted by atomic mass is 9.91. The average molecular weight is 264 g/mol. The summed E-state index contributed by atoms with van der Waals surface area (Å²) in [7, 11) is -0.0548. The summed E-state index contributed by atoms with van der Waals surface area (Å²) in [5.74, 6) is 0. The van der Waals surface area contributed by atoms with Gasteiger partial charge in [-0.2, -0.15) is 0 Å². The van der Waals surface area contributed by atoms with Crippen molar-refractivity contribution in [2.45, 2.75) is 36.8 Å². The first-order chi connectivity index (χ1) is 9.42. The molecule has 3 aliphatic carbocycles. The standard InChI is InChI=1S/C18H20Si/c1-4-9-15-13(6-1)12-17-16(15)10-5-11-18(17)19-14-7-2-3-8-14/h1-4,6-9,14,18H,5,10-12,19H2. The van der Waals surface area contributed by atoms with Crippen LogP contribution in [0.3, 0.4) is 0 Å². The van der Waals surface area contributed by atoms with Gasteiger partial charge in [-0.1, -0.05) is 54.1 Å². The van der Waals surface area contributed by atoms with E-state index in [1.165, 1.54) is 25.7 Å². The number of benzene rings is 1. The van der Waals surface area contributed by atoms with Gasteiger partial charge in [-0.05, 0) is 53.5 Å². The normalized spacial score (nSPS) is 25.6. The zero-order chi connectivity index (χ0) is 12.7. The van der Waals surface area contributed by atoms with Crippen LogP contribution in [-0.2, 0) is 6.42 Å². The van der Waals surface area contributed by atoms with Gasteiger partial charge in [0.05, 0.1) is 0 Å². The molecular weight excluding hydrogens is 244 g/mol. The minimum atomic E-state index is -0.0548. The van der Waals surface area contributed by atoms with E-state index in [1.54, 1.807) is 16.7 Å². The fraction of sp³-hybridized carbons (Fsp3) is 0.333. The summed E-state index contributed by atoms with van der Waals surface area (Å²) in [6.45, 7) is 0. The fourth-order valence-electron chi connectivity index (χ4n) is 4.06. The van der Waals surface area contributed by atoms with Crippen molar-refractivity contribution < 1.29 is 0 Å². The fourth-order valence-corrected chi connectivity index (χ4v) is 6.55. The number of fused-ring (bicyclic) bond motifs is 2. The van der Waals surface area contributed by atoms with E-state index < -0.39 is 0 Å². The molecule has 0 aromatic heterocycles. The van der Waals surface area contributed by atoms with Gasteiger partial charge in [0.1, 0.15) is 0 Å². The Kier molecular flexibility index (Phi) is 2.81. The van der Waals surface area contributed by atoms with Crippen LogP contribution in [0, 0.1) is 0 Å². The second kappa shape index (κ2) is 4.64. The molecule has 0 aliphatic heterocycles. The van der Waals surface area contributed by atoms with Gasteiger partial charge >= 0.3 is 0 Å². The molecule has 0 N–H and O–H groups in total. The first-order valence-corrected chi connectivity index (χ1v) is 9.20. The summed E-state index contributed by atoms with van der Waals surface area (Å²) in [6.07, 6.45) is 14.8. The molecule has 96 valence electrons. The largest absolute Gasteiger partial charge is 0.0810 e. The summed E-state index contributed by atoms with van der Waals surface area (Å²) < 4.78 is 0. The minimum absolute atomic E-state index is 0.0548. The van der Waals surface area contributed by atoms with Crippen molar-refractivity contribution in [1.29, 1.82) is 0 Å². The molecule has 1 unspecified atom stereocenters. The Morgan fingerprint density at radius 2 is 1.89 bits per heavy atom. The van der Waals surface area contributed by atoms with Crippen LogP contribution in [0.1, 0.15) is 30.4 Å². The van der Waals surface area contributed by atoms with E-state index in [0.29, 0.717) is 0 Å². The molecule has 1 atom stereocenters.